The fourth-order valence-electron chi connectivity index (χ4n) is 2.74. The molecule has 0 bridgehead atoms. The van der Waals surface area contributed by atoms with E-state index in [1.807, 2.05) is 11.8 Å². The van der Waals surface area contributed by atoms with Gasteiger partial charge in [-0.2, -0.15) is 0 Å². The zero-order valence-corrected chi connectivity index (χ0v) is 11.6. The summed E-state index contributed by atoms with van der Waals surface area (Å²) in [6, 6.07) is 8.26. The van der Waals surface area contributed by atoms with Crippen LogP contribution >= 0.6 is 11.8 Å². The number of hydrogen-bond donors (Lipinski definition) is 1. The third-order valence-electron chi connectivity index (χ3n) is 3.72. The smallest absolute Gasteiger partial charge is 0.237 e. The molecule has 2 N–H and O–H groups in total. The first-order chi connectivity index (χ1) is 9.24. The monoisotopic (exact) mass is 278 g/mol. The summed E-state index contributed by atoms with van der Waals surface area (Å²) >= 11 is 1.91. The summed E-state index contributed by atoms with van der Waals surface area (Å²) in [5.74, 6) is -0.278. The molecule has 0 aliphatic carbocycles. The van der Waals surface area contributed by atoms with Gasteiger partial charge in [0, 0.05) is 23.2 Å². The number of carbonyl (C=O) groups is 1. The zero-order chi connectivity index (χ0) is 13.2. The Morgan fingerprint density at radius 3 is 3.11 bits per heavy atom. The fourth-order valence-corrected chi connectivity index (χ4v) is 4.08. The number of nitrogens with zero attached hydrogens (tertiary/aromatic N) is 1. The molecule has 2 unspecified atom stereocenters. The van der Waals surface area contributed by atoms with E-state index in [4.69, 9.17) is 10.5 Å². The van der Waals surface area contributed by atoms with Crippen molar-refractivity contribution < 1.29 is 9.53 Å². The molecule has 2 atom stereocenters. The molecule has 19 heavy (non-hydrogen) atoms. The second kappa shape index (κ2) is 5.53. The molecule has 1 aromatic rings. The quantitative estimate of drug-likeness (QED) is 0.892. The highest BCUT2D eigenvalue weighted by Crippen LogP contribution is 2.37. The standard InChI is InChI=1S/C14H18N2O2S/c15-14(17)12-9-18-6-5-16(12)8-11-7-10-3-1-2-4-13(10)19-11/h1-4,11-12H,5-9H2,(H2,15,17). The molecule has 2 heterocycles. The molecule has 4 nitrogen and oxygen atoms in total. The van der Waals surface area contributed by atoms with Crippen molar-refractivity contribution in [1.82, 2.24) is 4.90 Å². The predicted octanol–water partition coefficient (Wildman–Crippen LogP) is 0.890. The number of thioether (sulfide) groups is 1. The number of ether oxygens (including phenoxy) is 1. The van der Waals surface area contributed by atoms with E-state index in [0.717, 1.165) is 19.5 Å². The minimum atomic E-state index is -0.278. The molecule has 5 heteroatoms. The maximum Gasteiger partial charge on any atom is 0.237 e. The Labute approximate surface area is 117 Å². The van der Waals surface area contributed by atoms with Gasteiger partial charge in [-0.3, -0.25) is 9.69 Å². The van der Waals surface area contributed by atoms with Crippen molar-refractivity contribution in [2.75, 3.05) is 26.3 Å². The first-order valence-corrected chi connectivity index (χ1v) is 7.47. The lowest BCUT2D eigenvalue weighted by Gasteiger charge is -2.34. The van der Waals surface area contributed by atoms with Crippen molar-refractivity contribution >= 4 is 17.7 Å². The number of nitrogens with two attached hydrogens (primary N) is 1. The number of primary amides is 1. The largest absolute Gasteiger partial charge is 0.378 e. The molecular weight excluding hydrogens is 260 g/mol. The minimum Gasteiger partial charge on any atom is -0.378 e. The van der Waals surface area contributed by atoms with Gasteiger partial charge in [-0.15, -0.1) is 11.8 Å². The third kappa shape index (κ3) is 2.78. The van der Waals surface area contributed by atoms with E-state index in [0.29, 0.717) is 18.5 Å². The highest BCUT2D eigenvalue weighted by molar-refractivity contribution is 8.00. The number of amides is 1. The van der Waals surface area contributed by atoms with Crippen LogP contribution in [0.4, 0.5) is 0 Å². The van der Waals surface area contributed by atoms with Gasteiger partial charge >= 0.3 is 0 Å². The Kier molecular flexibility index (Phi) is 3.77. The van der Waals surface area contributed by atoms with Crippen LogP contribution in [0.3, 0.4) is 0 Å². The average Bonchev–Trinajstić information content (AvgIpc) is 2.81. The van der Waals surface area contributed by atoms with E-state index in [1.165, 1.54) is 10.5 Å². The lowest BCUT2D eigenvalue weighted by molar-refractivity contribution is -0.129. The van der Waals surface area contributed by atoms with Crippen LogP contribution in [-0.4, -0.2) is 48.4 Å². The Balaban J connectivity index is 1.64. The molecule has 1 aromatic carbocycles. The highest BCUT2D eigenvalue weighted by Gasteiger charge is 2.31. The van der Waals surface area contributed by atoms with Crippen LogP contribution in [-0.2, 0) is 16.0 Å². The minimum absolute atomic E-state index is 0.266. The van der Waals surface area contributed by atoms with E-state index in [1.54, 1.807) is 0 Å². The number of carbonyl (C=O) groups excluding carboxylic acids is 1. The molecule has 1 fully saturated rings. The van der Waals surface area contributed by atoms with Gasteiger partial charge in [-0.25, -0.2) is 0 Å². The molecule has 2 aliphatic rings. The Bertz CT molecular complexity index is 455. The van der Waals surface area contributed by atoms with Crippen molar-refractivity contribution in [2.24, 2.45) is 5.73 Å². The van der Waals surface area contributed by atoms with Crippen molar-refractivity contribution in [1.29, 1.82) is 0 Å². The van der Waals surface area contributed by atoms with Crippen molar-refractivity contribution in [3.63, 3.8) is 0 Å². The number of benzene rings is 1. The van der Waals surface area contributed by atoms with E-state index in [9.17, 15) is 4.79 Å². The first-order valence-electron chi connectivity index (χ1n) is 6.59. The molecule has 0 spiro atoms. The number of fused-ring (bicyclic) bond motifs is 1. The highest BCUT2D eigenvalue weighted by atomic mass is 32.2. The maximum absolute atomic E-state index is 11.5. The van der Waals surface area contributed by atoms with Crippen LogP contribution in [0.2, 0.25) is 0 Å². The summed E-state index contributed by atoms with van der Waals surface area (Å²) in [4.78, 5) is 15.0. The van der Waals surface area contributed by atoms with E-state index >= 15 is 0 Å². The predicted molar refractivity (Wildman–Crippen MR) is 75.2 cm³/mol. The molecule has 2 aliphatic heterocycles. The second-order valence-corrected chi connectivity index (χ2v) is 6.38. The van der Waals surface area contributed by atoms with Gasteiger partial charge in [0.05, 0.1) is 13.2 Å². The Hall–Kier alpha value is -1.04. The topological polar surface area (TPSA) is 55.6 Å². The summed E-state index contributed by atoms with van der Waals surface area (Å²) in [6.45, 7) is 2.81. The lowest BCUT2D eigenvalue weighted by Crippen LogP contribution is -2.54. The van der Waals surface area contributed by atoms with Crippen molar-refractivity contribution in [3.8, 4) is 0 Å². The zero-order valence-electron chi connectivity index (χ0n) is 10.7. The summed E-state index contributed by atoms with van der Waals surface area (Å²) < 4.78 is 5.35. The van der Waals surface area contributed by atoms with Gasteiger partial charge in [-0.05, 0) is 18.1 Å². The third-order valence-corrected chi connectivity index (χ3v) is 5.02. The van der Waals surface area contributed by atoms with Gasteiger partial charge in [0.1, 0.15) is 6.04 Å². The lowest BCUT2D eigenvalue weighted by atomic mass is 10.1. The van der Waals surface area contributed by atoms with Gasteiger partial charge in [0.15, 0.2) is 0 Å². The van der Waals surface area contributed by atoms with Crippen molar-refractivity contribution in [3.05, 3.63) is 29.8 Å². The first kappa shape index (κ1) is 13.0. The fraction of sp³-hybridized carbons (Fsp3) is 0.500. The SMILES string of the molecule is NC(=O)C1COCCN1CC1Cc2ccccc2S1. The average molecular weight is 278 g/mol. The van der Waals surface area contributed by atoms with Gasteiger partial charge in [0.25, 0.3) is 0 Å². The molecule has 0 saturated carbocycles. The number of morpholine rings is 1. The second-order valence-electron chi connectivity index (χ2n) is 5.04. The van der Waals surface area contributed by atoms with Crippen molar-refractivity contribution in [2.45, 2.75) is 22.6 Å². The molecule has 3 rings (SSSR count). The normalized spacial score (nSPS) is 27.2. The van der Waals surface area contributed by atoms with Gasteiger partial charge < -0.3 is 10.5 Å². The van der Waals surface area contributed by atoms with Crippen LogP contribution in [0.5, 0.6) is 0 Å². The van der Waals surface area contributed by atoms with Gasteiger partial charge in [0.2, 0.25) is 5.91 Å². The molecule has 1 saturated heterocycles. The number of hydrogen-bond acceptors (Lipinski definition) is 4. The van der Waals surface area contributed by atoms with Gasteiger partial charge in [-0.1, -0.05) is 18.2 Å². The summed E-state index contributed by atoms with van der Waals surface area (Å²) in [6.07, 6.45) is 1.07. The van der Waals surface area contributed by atoms with Crippen LogP contribution < -0.4 is 5.73 Å². The van der Waals surface area contributed by atoms with Crippen LogP contribution in [0, 0.1) is 0 Å². The maximum atomic E-state index is 11.5. The molecule has 0 aromatic heterocycles. The summed E-state index contributed by atoms with van der Waals surface area (Å²) in [7, 11) is 0. The summed E-state index contributed by atoms with van der Waals surface area (Å²) in [5, 5.41) is 0.511. The Morgan fingerprint density at radius 1 is 1.47 bits per heavy atom. The van der Waals surface area contributed by atoms with E-state index < -0.39 is 0 Å². The molecular formula is C14H18N2O2S. The van der Waals surface area contributed by atoms with E-state index in [2.05, 4.69) is 29.2 Å². The van der Waals surface area contributed by atoms with E-state index in [-0.39, 0.29) is 11.9 Å². The molecule has 102 valence electrons. The summed E-state index contributed by atoms with van der Waals surface area (Å²) in [5.41, 5.74) is 6.87. The van der Waals surface area contributed by atoms with Crippen LogP contribution in [0.1, 0.15) is 5.56 Å². The van der Waals surface area contributed by atoms with Crippen LogP contribution in [0.15, 0.2) is 29.2 Å². The van der Waals surface area contributed by atoms with Crippen LogP contribution in [0.25, 0.3) is 0 Å². The molecule has 0 radical (unpaired) electrons. The number of rotatable bonds is 3. The Morgan fingerprint density at radius 2 is 2.32 bits per heavy atom. The molecule has 1 amide bonds.